The molecule has 0 fully saturated rings. The summed E-state index contributed by atoms with van der Waals surface area (Å²) in [5.41, 5.74) is 0.841. The van der Waals surface area contributed by atoms with Crippen molar-refractivity contribution in [1.82, 2.24) is 14.5 Å². The SMILES string of the molecule is CCOCn1c(-c2ccccc2SCC)nc2ncc(C(F)(F)F)c(C)c21. The number of hydrogen-bond acceptors (Lipinski definition) is 4. The summed E-state index contributed by atoms with van der Waals surface area (Å²) in [7, 11) is 0. The number of fused-ring (bicyclic) bond motifs is 1. The zero-order valence-electron chi connectivity index (χ0n) is 15.3. The molecule has 8 heteroatoms. The van der Waals surface area contributed by atoms with Gasteiger partial charge in [-0.1, -0.05) is 25.1 Å². The van der Waals surface area contributed by atoms with E-state index in [0.29, 0.717) is 17.9 Å². The van der Waals surface area contributed by atoms with Crippen LogP contribution in [-0.4, -0.2) is 26.9 Å². The van der Waals surface area contributed by atoms with Gasteiger partial charge in [-0.05, 0) is 31.2 Å². The van der Waals surface area contributed by atoms with Gasteiger partial charge in [0.05, 0.1) is 11.1 Å². The Morgan fingerprint density at radius 1 is 1.19 bits per heavy atom. The first-order valence-electron chi connectivity index (χ1n) is 8.61. The Labute approximate surface area is 159 Å². The molecule has 144 valence electrons. The zero-order valence-corrected chi connectivity index (χ0v) is 16.1. The lowest BCUT2D eigenvalue weighted by Crippen LogP contribution is -2.11. The molecule has 0 aliphatic carbocycles. The summed E-state index contributed by atoms with van der Waals surface area (Å²) in [6.07, 6.45) is -3.62. The number of imidazole rings is 1. The van der Waals surface area contributed by atoms with Gasteiger partial charge in [-0.25, -0.2) is 9.97 Å². The van der Waals surface area contributed by atoms with Crippen molar-refractivity contribution in [3.63, 3.8) is 0 Å². The van der Waals surface area contributed by atoms with Gasteiger partial charge >= 0.3 is 6.18 Å². The maximum atomic E-state index is 13.4. The van der Waals surface area contributed by atoms with Gasteiger partial charge in [-0.3, -0.25) is 4.57 Å². The number of pyridine rings is 1. The second-order valence-electron chi connectivity index (χ2n) is 5.88. The predicted molar refractivity (Wildman–Crippen MR) is 101 cm³/mol. The van der Waals surface area contributed by atoms with E-state index in [1.807, 2.05) is 38.1 Å². The van der Waals surface area contributed by atoms with E-state index in [-0.39, 0.29) is 17.9 Å². The average molecular weight is 395 g/mol. The fourth-order valence-corrected chi connectivity index (χ4v) is 3.78. The van der Waals surface area contributed by atoms with Gasteiger partial charge in [-0.15, -0.1) is 11.8 Å². The van der Waals surface area contributed by atoms with Crippen molar-refractivity contribution in [3.05, 3.63) is 41.6 Å². The van der Waals surface area contributed by atoms with Crippen molar-refractivity contribution in [2.24, 2.45) is 0 Å². The predicted octanol–water partition coefficient (Wildman–Crippen LogP) is 5.53. The molecule has 0 saturated heterocycles. The third-order valence-corrected chi connectivity index (χ3v) is 5.14. The van der Waals surface area contributed by atoms with Gasteiger partial charge in [-0.2, -0.15) is 13.2 Å². The second-order valence-corrected chi connectivity index (χ2v) is 7.19. The third kappa shape index (κ3) is 3.82. The highest BCUT2D eigenvalue weighted by Crippen LogP contribution is 2.37. The molecule has 0 N–H and O–H groups in total. The van der Waals surface area contributed by atoms with Crippen LogP contribution in [-0.2, 0) is 17.6 Å². The van der Waals surface area contributed by atoms with Crippen LogP contribution in [0, 0.1) is 6.92 Å². The van der Waals surface area contributed by atoms with E-state index in [1.165, 1.54) is 6.92 Å². The maximum Gasteiger partial charge on any atom is 0.418 e. The summed E-state index contributed by atoms with van der Waals surface area (Å²) in [6, 6.07) is 7.72. The molecule has 0 aliphatic rings. The van der Waals surface area contributed by atoms with E-state index in [0.717, 1.165) is 22.4 Å². The van der Waals surface area contributed by atoms with E-state index in [1.54, 1.807) is 16.3 Å². The van der Waals surface area contributed by atoms with Crippen LogP contribution in [0.3, 0.4) is 0 Å². The molecule has 0 spiro atoms. The van der Waals surface area contributed by atoms with Crippen LogP contribution in [0.5, 0.6) is 0 Å². The lowest BCUT2D eigenvalue weighted by atomic mass is 10.1. The summed E-state index contributed by atoms with van der Waals surface area (Å²) in [5, 5.41) is 0. The number of benzene rings is 1. The van der Waals surface area contributed by atoms with E-state index < -0.39 is 11.7 Å². The molecular formula is C19H20F3N3OS. The Morgan fingerprint density at radius 2 is 1.93 bits per heavy atom. The van der Waals surface area contributed by atoms with Gasteiger partial charge < -0.3 is 4.74 Å². The fraction of sp³-hybridized carbons (Fsp3) is 0.368. The van der Waals surface area contributed by atoms with E-state index >= 15 is 0 Å². The molecule has 0 bridgehead atoms. The topological polar surface area (TPSA) is 39.9 Å². The number of nitrogens with zero attached hydrogens (tertiary/aromatic N) is 3. The Morgan fingerprint density at radius 3 is 2.59 bits per heavy atom. The van der Waals surface area contributed by atoms with Crippen LogP contribution in [0.4, 0.5) is 13.2 Å². The number of rotatable bonds is 6. The van der Waals surface area contributed by atoms with Gasteiger partial charge in [0.1, 0.15) is 12.6 Å². The largest absolute Gasteiger partial charge is 0.418 e. The summed E-state index contributed by atoms with van der Waals surface area (Å²) in [6.45, 7) is 5.89. The zero-order chi connectivity index (χ0) is 19.6. The van der Waals surface area contributed by atoms with Crippen molar-refractivity contribution in [3.8, 4) is 11.4 Å². The van der Waals surface area contributed by atoms with Crippen LogP contribution >= 0.6 is 11.8 Å². The molecule has 3 rings (SSSR count). The number of alkyl halides is 3. The molecule has 2 aromatic heterocycles. The standard InChI is InChI=1S/C19H20F3N3OS/c1-4-26-11-25-16-12(3)14(19(20,21)22)10-23-17(16)24-18(25)13-8-6-7-9-15(13)27-5-2/h6-10H,4-5,11H2,1-3H3. The Hall–Kier alpha value is -2.06. The number of halogens is 3. The van der Waals surface area contributed by atoms with Crippen LogP contribution in [0.2, 0.25) is 0 Å². The highest BCUT2D eigenvalue weighted by molar-refractivity contribution is 7.99. The van der Waals surface area contributed by atoms with Gasteiger partial charge in [0.15, 0.2) is 5.65 Å². The Kier molecular flexibility index (Phi) is 5.76. The quantitative estimate of drug-likeness (QED) is 0.515. The lowest BCUT2D eigenvalue weighted by molar-refractivity contribution is -0.138. The molecule has 1 aromatic carbocycles. The molecule has 3 aromatic rings. The molecule has 0 saturated carbocycles. The van der Waals surface area contributed by atoms with Gasteiger partial charge in [0.2, 0.25) is 0 Å². The Bertz CT molecular complexity index is 953. The molecule has 0 radical (unpaired) electrons. The van der Waals surface area contributed by atoms with Crippen LogP contribution in [0.1, 0.15) is 25.0 Å². The minimum Gasteiger partial charge on any atom is -0.361 e. The van der Waals surface area contributed by atoms with Crippen LogP contribution in [0.25, 0.3) is 22.6 Å². The van der Waals surface area contributed by atoms with E-state index in [2.05, 4.69) is 9.97 Å². The van der Waals surface area contributed by atoms with Crippen molar-refractivity contribution in [2.45, 2.75) is 38.6 Å². The number of aromatic nitrogens is 3. The third-order valence-electron chi connectivity index (χ3n) is 4.18. The highest BCUT2D eigenvalue weighted by Gasteiger charge is 2.34. The monoisotopic (exact) mass is 395 g/mol. The molecule has 0 amide bonds. The lowest BCUT2D eigenvalue weighted by Gasteiger charge is -2.14. The summed E-state index contributed by atoms with van der Waals surface area (Å²) in [4.78, 5) is 9.55. The molecule has 27 heavy (non-hydrogen) atoms. The number of aryl methyl sites for hydroxylation is 1. The molecular weight excluding hydrogens is 375 g/mol. The molecule has 0 aliphatic heterocycles. The van der Waals surface area contributed by atoms with E-state index in [4.69, 9.17) is 4.74 Å². The van der Waals surface area contributed by atoms with Crippen LogP contribution < -0.4 is 0 Å². The first-order chi connectivity index (χ1) is 12.9. The first kappa shape index (κ1) is 19.7. The molecule has 0 atom stereocenters. The summed E-state index contributed by atoms with van der Waals surface area (Å²) < 4.78 is 47.3. The van der Waals surface area contributed by atoms with Crippen LogP contribution in [0.15, 0.2) is 35.4 Å². The minimum absolute atomic E-state index is 0.103. The normalized spacial score (nSPS) is 12.1. The molecule has 2 heterocycles. The van der Waals surface area contributed by atoms with Crippen molar-refractivity contribution in [1.29, 1.82) is 0 Å². The number of hydrogen-bond donors (Lipinski definition) is 0. The highest BCUT2D eigenvalue weighted by atomic mass is 32.2. The average Bonchev–Trinajstić information content (AvgIpc) is 2.99. The van der Waals surface area contributed by atoms with Gasteiger partial charge in [0.25, 0.3) is 0 Å². The van der Waals surface area contributed by atoms with Gasteiger partial charge in [0, 0.05) is 23.3 Å². The van der Waals surface area contributed by atoms with Crippen molar-refractivity contribution >= 4 is 22.9 Å². The first-order valence-corrected chi connectivity index (χ1v) is 9.60. The van der Waals surface area contributed by atoms with Crippen molar-refractivity contribution in [2.75, 3.05) is 12.4 Å². The number of thioether (sulfide) groups is 1. The molecule has 4 nitrogen and oxygen atoms in total. The maximum absolute atomic E-state index is 13.4. The van der Waals surface area contributed by atoms with E-state index in [9.17, 15) is 13.2 Å². The van der Waals surface area contributed by atoms with Crippen molar-refractivity contribution < 1.29 is 17.9 Å². The number of ether oxygens (including phenoxy) is 1. The smallest absolute Gasteiger partial charge is 0.361 e. The summed E-state index contributed by atoms with van der Waals surface area (Å²) in [5.74, 6) is 1.43. The minimum atomic E-state index is -4.47. The Balaban J connectivity index is 2.29. The fourth-order valence-electron chi connectivity index (χ4n) is 2.98. The second kappa shape index (κ2) is 7.90. The summed E-state index contributed by atoms with van der Waals surface area (Å²) >= 11 is 1.66. The molecule has 0 unspecified atom stereocenters.